The number of amides is 2. The molecule has 0 aliphatic rings. The predicted molar refractivity (Wildman–Crippen MR) is 118 cm³/mol. The molecule has 2 amide bonds. The zero-order valence-electron chi connectivity index (χ0n) is 15.6. The van der Waals surface area contributed by atoms with Crippen molar-refractivity contribution >= 4 is 63.2 Å². The van der Waals surface area contributed by atoms with E-state index in [1.165, 1.54) is 35.2 Å². The van der Waals surface area contributed by atoms with Gasteiger partial charge in [-0.05, 0) is 31.2 Å². The number of rotatable bonds is 6. The second-order valence-electron chi connectivity index (χ2n) is 6.29. The first-order valence-electron chi connectivity index (χ1n) is 8.76. The van der Waals surface area contributed by atoms with Crippen LogP contribution in [-0.2, 0) is 5.75 Å². The lowest BCUT2D eigenvalue weighted by molar-refractivity contribution is 0.0992. The molecule has 0 unspecified atom stereocenters. The normalized spacial score (nSPS) is 11.0. The summed E-state index contributed by atoms with van der Waals surface area (Å²) in [4.78, 5) is 24.3. The number of nitrogens with one attached hydrogen (secondary N) is 1. The fourth-order valence-electron chi connectivity index (χ4n) is 2.88. The molecule has 4 aromatic rings. The molecule has 3 N–H and O–H groups in total. The van der Waals surface area contributed by atoms with Gasteiger partial charge in [-0.15, -0.1) is 10.2 Å². The molecular weight excluding hydrogens is 444 g/mol. The van der Waals surface area contributed by atoms with E-state index in [1.54, 1.807) is 6.07 Å². The van der Waals surface area contributed by atoms with Crippen molar-refractivity contribution in [2.45, 2.75) is 17.0 Å². The highest BCUT2D eigenvalue weighted by atomic mass is 35.5. The van der Waals surface area contributed by atoms with Crippen LogP contribution in [0.25, 0.3) is 11.0 Å². The number of benzene rings is 2. The number of hydrogen-bond donors (Lipinski definition) is 2. The van der Waals surface area contributed by atoms with Gasteiger partial charge < -0.3 is 15.5 Å². The van der Waals surface area contributed by atoms with Crippen LogP contribution in [0.1, 0.15) is 31.5 Å². The monoisotopic (exact) mass is 458 g/mol. The van der Waals surface area contributed by atoms with Gasteiger partial charge >= 0.3 is 0 Å². The second kappa shape index (κ2) is 8.47. The zero-order valence-corrected chi connectivity index (χ0v) is 18.0. The first-order chi connectivity index (χ1) is 14.4. The van der Waals surface area contributed by atoms with Gasteiger partial charge in [0.05, 0.1) is 10.6 Å². The first kappa shape index (κ1) is 20.4. The van der Waals surface area contributed by atoms with Crippen molar-refractivity contribution in [1.82, 2.24) is 10.2 Å². The maximum Gasteiger partial charge on any atom is 0.291 e. The Morgan fingerprint density at radius 1 is 1.23 bits per heavy atom. The highest BCUT2D eigenvalue weighted by Gasteiger charge is 2.21. The van der Waals surface area contributed by atoms with Gasteiger partial charge in [-0.1, -0.05) is 52.9 Å². The van der Waals surface area contributed by atoms with E-state index < -0.39 is 11.8 Å². The number of hydrogen-bond acceptors (Lipinski definition) is 7. The molecule has 0 spiro atoms. The average molecular weight is 459 g/mol. The fraction of sp³-hybridized carbons (Fsp3) is 0.100. The van der Waals surface area contributed by atoms with Gasteiger partial charge in [0.15, 0.2) is 10.1 Å². The standard InChI is InChI=1S/C20H15ClN4O3S2/c1-10-24-25-20(30-10)29-9-14-12-4-2-3-5-16(12)28-17(14)19(27)23-11-6-7-13(18(22)26)15(21)8-11/h2-8H,9H2,1H3,(H2,22,26)(H,23,27). The minimum absolute atomic E-state index is 0.160. The Kier molecular flexibility index (Phi) is 5.76. The Morgan fingerprint density at radius 2 is 2.03 bits per heavy atom. The molecule has 0 aliphatic heterocycles. The highest BCUT2D eigenvalue weighted by molar-refractivity contribution is 8.00. The molecule has 0 saturated carbocycles. The number of furan rings is 1. The smallest absolute Gasteiger partial charge is 0.291 e. The van der Waals surface area contributed by atoms with E-state index in [1.807, 2.05) is 31.2 Å². The first-order valence-corrected chi connectivity index (χ1v) is 10.9. The molecule has 0 atom stereocenters. The van der Waals surface area contributed by atoms with Crippen molar-refractivity contribution in [2.24, 2.45) is 5.73 Å². The van der Waals surface area contributed by atoms with Gasteiger partial charge in [0, 0.05) is 22.4 Å². The Labute approximate surface area is 184 Å². The molecule has 2 heterocycles. The third-order valence-electron chi connectivity index (χ3n) is 4.24. The molecule has 0 aliphatic carbocycles. The van der Waals surface area contributed by atoms with E-state index in [4.69, 9.17) is 21.8 Å². The summed E-state index contributed by atoms with van der Waals surface area (Å²) in [6, 6.07) is 12.0. The number of carbonyl (C=O) groups excluding carboxylic acids is 2. The number of anilines is 1. The van der Waals surface area contributed by atoms with Gasteiger partial charge in [0.25, 0.3) is 5.91 Å². The van der Waals surface area contributed by atoms with Crippen LogP contribution in [0.5, 0.6) is 0 Å². The van der Waals surface area contributed by atoms with Crippen molar-refractivity contribution in [3.05, 3.63) is 69.4 Å². The molecule has 152 valence electrons. The van der Waals surface area contributed by atoms with Crippen LogP contribution in [0.3, 0.4) is 0 Å². The van der Waals surface area contributed by atoms with Gasteiger partial charge in [-0.25, -0.2) is 0 Å². The third-order valence-corrected chi connectivity index (χ3v) is 6.56. The van der Waals surface area contributed by atoms with Gasteiger partial charge in [0.2, 0.25) is 5.91 Å². The Balaban J connectivity index is 1.63. The topological polar surface area (TPSA) is 111 Å². The quantitative estimate of drug-likeness (QED) is 0.398. The number of thioether (sulfide) groups is 1. The summed E-state index contributed by atoms with van der Waals surface area (Å²) in [5, 5.41) is 12.8. The van der Waals surface area contributed by atoms with Gasteiger partial charge in [-0.3, -0.25) is 9.59 Å². The molecule has 10 heteroatoms. The van der Waals surface area contributed by atoms with Crippen LogP contribution in [0.2, 0.25) is 5.02 Å². The lowest BCUT2D eigenvalue weighted by Gasteiger charge is -2.07. The van der Waals surface area contributed by atoms with Crippen molar-refractivity contribution in [1.29, 1.82) is 0 Å². The summed E-state index contributed by atoms with van der Waals surface area (Å²) in [5.74, 6) is -0.352. The number of aryl methyl sites for hydroxylation is 1. The SMILES string of the molecule is Cc1nnc(SCc2c(C(=O)Nc3ccc(C(N)=O)c(Cl)c3)oc3ccccc23)s1. The summed E-state index contributed by atoms with van der Waals surface area (Å²) in [7, 11) is 0. The molecular formula is C20H15ClN4O3S2. The molecule has 0 fully saturated rings. The lowest BCUT2D eigenvalue weighted by atomic mass is 10.1. The third kappa shape index (κ3) is 4.18. The maximum atomic E-state index is 13.0. The second-order valence-corrected chi connectivity index (χ2v) is 9.11. The number of nitrogens with zero attached hydrogens (tertiary/aromatic N) is 2. The molecule has 0 saturated heterocycles. The number of fused-ring (bicyclic) bond motifs is 1. The maximum absolute atomic E-state index is 13.0. The average Bonchev–Trinajstić information content (AvgIpc) is 3.29. The minimum atomic E-state index is -0.638. The van der Waals surface area contributed by atoms with E-state index in [2.05, 4.69) is 15.5 Å². The Bertz CT molecular complexity index is 1270. The van der Waals surface area contributed by atoms with E-state index in [0.29, 0.717) is 17.0 Å². The lowest BCUT2D eigenvalue weighted by Crippen LogP contribution is -2.14. The van der Waals surface area contributed by atoms with Crippen molar-refractivity contribution in [3.8, 4) is 0 Å². The van der Waals surface area contributed by atoms with Crippen LogP contribution in [0.4, 0.5) is 5.69 Å². The van der Waals surface area contributed by atoms with Crippen molar-refractivity contribution in [3.63, 3.8) is 0 Å². The minimum Gasteiger partial charge on any atom is -0.451 e. The van der Waals surface area contributed by atoms with E-state index in [-0.39, 0.29) is 16.3 Å². The summed E-state index contributed by atoms with van der Waals surface area (Å²) in [6.07, 6.45) is 0. The fourth-order valence-corrected chi connectivity index (χ4v) is 4.99. The van der Waals surface area contributed by atoms with E-state index in [0.717, 1.165) is 20.3 Å². The summed E-state index contributed by atoms with van der Waals surface area (Å²) in [6.45, 7) is 1.89. The van der Waals surface area contributed by atoms with Crippen LogP contribution >= 0.6 is 34.7 Å². The summed E-state index contributed by atoms with van der Waals surface area (Å²) < 4.78 is 6.67. The molecule has 7 nitrogen and oxygen atoms in total. The number of aromatic nitrogens is 2. The van der Waals surface area contributed by atoms with Gasteiger partial charge in [-0.2, -0.15) is 0 Å². The molecule has 4 rings (SSSR count). The number of carbonyl (C=O) groups is 2. The Hall–Kier alpha value is -2.88. The molecule has 0 radical (unpaired) electrons. The summed E-state index contributed by atoms with van der Waals surface area (Å²) >= 11 is 9.06. The molecule has 0 bridgehead atoms. The zero-order chi connectivity index (χ0) is 21.3. The number of halogens is 1. The van der Waals surface area contributed by atoms with Crippen LogP contribution in [0.15, 0.2) is 51.2 Å². The van der Waals surface area contributed by atoms with Crippen LogP contribution < -0.4 is 11.1 Å². The van der Waals surface area contributed by atoms with E-state index >= 15 is 0 Å². The van der Waals surface area contributed by atoms with Crippen molar-refractivity contribution in [2.75, 3.05) is 5.32 Å². The molecule has 2 aromatic heterocycles. The molecule has 30 heavy (non-hydrogen) atoms. The van der Waals surface area contributed by atoms with E-state index in [9.17, 15) is 9.59 Å². The largest absolute Gasteiger partial charge is 0.451 e. The van der Waals surface area contributed by atoms with Crippen LogP contribution in [-0.4, -0.2) is 22.0 Å². The number of primary amides is 1. The predicted octanol–water partition coefficient (Wildman–Crippen LogP) is 4.89. The Morgan fingerprint density at radius 3 is 2.73 bits per heavy atom. The number of para-hydroxylation sites is 1. The van der Waals surface area contributed by atoms with Gasteiger partial charge in [0.1, 0.15) is 10.6 Å². The van der Waals surface area contributed by atoms with Crippen LogP contribution in [0, 0.1) is 6.92 Å². The number of nitrogens with two attached hydrogens (primary N) is 1. The molecule has 2 aromatic carbocycles. The summed E-state index contributed by atoms with van der Waals surface area (Å²) in [5.41, 5.74) is 7.26. The van der Waals surface area contributed by atoms with Crippen molar-refractivity contribution < 1.29 is 14.0 Å². The highest BCUT2D eigenvalue weighted by Crippen LogP contribution is 2.33.